The summed E-state index contributed by atoms with van der Waals surface area (Å²) in [6.07, 6.45) is 6.54. The van der Waals surface area contributed by atoms with E-state index in [4.69, 9.17) is 4.74 Å². The van der Waals surface area contributed by atoms with Crippen LogP contribution in [0.5, 0.6) is 5.75 Å². The van der Waals surface area contributed by atoms with Crippen LogP contribution in [-0.4, -0.2) is 16.2 Å². The largest absolute Gasteiger partial charge is 0.494 e. The van der Waals surface area contributed by atoms with Crippen LogP contribution in [0.1, 0.15) is 27.2 Å². The molecule has 2 rings (SSSR count). The maximum absolute atomic E-state index is 5.73. The lowest BCUT2D eigenvalue weighted by atomic mass is 9.93. The monoisotopic (exact) mass is 244 g/mol. The van der Waals surface area contributed by atoms with Crippen molar-refractivity contribution in [2.45, 2.75) is 27.2 Å². The standard InChI is InChI=1S/C15H20N2O/c1-15(2,3)8-11-18-14-6-4-13(5-7-14)17-10-9-16-12-17/h4-7,9-10,12H,8,11H2,1-3H3. The highest BCUT2D eigenvalue weighted by molar-refractivity contribution is 5.37. The van der Waals surface area contributed by atoms with Crippen molar-refractivity contribution in [3.63, 3.8) is 0 Å². The highest BCUT2D eigenvalue weighted by Crippen LogP contribution is 2.20. The molecule has 3 nitrogen and oxygen atoms in total. The zero-order valence-electron chi connectivity index (χ0n) is 11.3. The van der Waals surface area contributed by atoms with Crippen molar-refractivity contribution in [2.75, 3.05) is 6.61 Å². The highest BCUT2D eigenvalue weighted by Gasteiger charge is 2.09. The van der Waals surface area contributed by atoms with Crippen LogP contribution in [0.15, 0.2) is 43.0 Å². The first-order chi connectivity index (χ1) is 8.54. The normalized spacial score (nSPS) is 11.5. The molecule has 0 unspecified atom stereocenters. The quantitative estimate of drug-likeness (QED) is 0.820. The molecule has 0 radical (unpaired) electrons. The average molecular weight is 244 g/mol. The first kappa shape index (κ1) is 12.7. The third kappa shape index (κ3) is 3.62. The van der Waals surface area contributed by atoms with E-state index in [0.717, 1.165) is 24.5 Å². The summed E-state index contributed by atoms with van der Waals surface area (Å²) in [5.41, 5.74) is 1.41. The van der Waals surface area contributed by atoms with E-state index < -0.39 is 0 Å². The van der Waals surface area contributed by atoms with Crippen molar-refractivity contribution in [1.29, 1.82) is 0 Å². The Labute approximate surface area is 108 Å². The molecular formula is C15H20N2O. The minimum Gasteiger partial charge on any atom is -0.494 e. The van der Waals surface area contributed by atoms with Crippen LogP contribution in [0, 0.1) is 5.41 Å². The fourth-order valence-electron chi connectivity index (χ4n) is 1.60. The van der Waals surface area contributed by atoms with E-state index in [0.29, 0.717) is 5.41 Å². The average Bonchev–Trinajstić information content (AvgIpc) is 2.82. The van der Waals surface area contributed by atoms with Gasteiger partial charge in [0.15, 0.2) is 0 Å². The second kappa shape index (κ2) is 5.25. The molecule has 0 fully saturated rings. The molecule has 96 valence electrons. The van der Waals surface area contributed by atoms with Gasteiger partial charge in [-0.3, -0.25) is 0 Å². The molecule has 0 amide bonds. The molecule has 0 bridgehead atoms. The second-order valence-electron chi connectivity index (χ2n) is 5.62. The Bertz CT molecular complexity index is 466. The van der Waals surface area contributed by atoms with Gasteiger partial charge in [0.25, 0.3) is 0 Å². The fraction of sp³-hybridized carbons (Fsp3) is 0.400. The maximum atomic E-state index is 5.73. The van der Waals surface area contributed by atoms with Crippen molar-refractivity contribution in [3.05, 3.63) is 43.0 Å². The number of imidazole rings is 1. The molecule has 0 N–H and O–H groups in total. The topological polar surface area (TPSA) is 27.1 Å². The Morgan fingerprint density at radius 2 is 1.89 bits per heavy atom. The summed E-state index contributed by atoms with van der Waals surface area (Å²) in [6, 6.07) is 8.07. The SMILES string of the molecule is CC(C)(C)CCOc1ccc(-n2ccnc2)cc1. The predicted molar refractivity (Wildman–Crippen MR) is 73.1 cm³/mol. The smallest absolute Gasteiger partial charge is 0.119 e. The molecule has 0 spiro atoms. The van der Waals surface area contributed by atoms with E-state index in [1.54, 1.807) is 12.5 Å². The third-order valence-electron chi connectivity index (χ3n) is 2.76. The van der Waals surface area contributed by atoms with Gasteiger partial charge in [-0.1, -0.05) is 20.8 Å². The van der Waals surface area contributed by atoms with Crippen molar-refractivity contribution in [3.8, 4) is 11.4 Å². The predicted octanol–water partition coefficient (Wildman–Crippen LogP) is 3.69. The first-order valence-electron chi connectivity index (χ1n) is 6.26. The van der Waals surface area contributed by atoms with Crippen LogP contribution in [-0.2, 0) is 0 Å². The van der Waals surface area contributed by atoms with Gasteiger partial charge in [0, 0.05) is 18.1 Å². The van der Waals surface area contributed by atoms with E-state index in [-0.39, 0.29) is 0 Å². The summed E-state index contributed by atoms with van der Waals surface area (Å²) in [6.45, 7) is 7.42. The van der Waals surface area contributed by atoms with Gasteiger partial charge >= 0.3 is 0 Å². The lowest BCUT2D eigenvalue weighted by molar-refractivity contribution is 0.243. The Morgan fingerprint density at radius 1 is 1.17 bits per heavy atom. The van der Waals surface area contributed by atoms with Crippen LogP contribution >= 0.6 is 0 Å². The minimum absolute atomic E-state index is 0.316. The molecule has 1 aromatic carbocycles. The Balaban J connectivity index is 1.92. The number of aromatic nitrogens is 2. The van der Waals surface area contributed by atoms with E-state index in [1.165, 1.54) is 0 Å². The van der Waals surface area contributed by atoms with E-state index in [2.05, 4.69) is 25.8 Å². The maximum Gasteiger partial charge on any atom is 0.119 e. The van der Waals surface area contributed by atoms with Gasteiger partial charge in [-0.2, -0.15) is 0 Å². The lowest BCUT2D eigenvalue weighted by Crippen LogP contribution is -2.11. The number of rotatable bonds is 4. The zero-order chi connectivity index (χ0) is 13.0. The van der Waals surface area contributed by atoms with E-state index in [9.17, 15) is 0 Å². The number of hydrogen-bond acceptors (Lipinski definition) is 2. The molecule has 0 aliphatic rings. The summed E-state index contributed by atoms with van der Waals surface area (Å²) in [5.74, 6) is 0.920. The van der Waals surface area contributed by atoms with Crippen molar-refractivity contribution in [2.24, 2.45) is 5.41 Å². The molecule has 0 saturated heterocycles. The molecule has 0 saturated carbocycles. The first-order valence-corrected chi connectivity index (χ1v) is 6.26. The van der Waals surface area contributed by atoms with Gasteiger partial charge < -0.3 is 9.30 Å². The molecule has 0 aliphatic carbocycles. The van der Waals surface area contributed by atoms with Crippen LogP contribution in [0.25, 0.3) is 5.69 Å². The van der Waals surface area contributed by atoms with Crippen LogP contribution < -0.4 is 4.74 Å². The van der Waals surface area contributed by atoms with E-state index >= 15 is 0 Å². The molecule has 1 heterocycles. The molecular weight excluding hydrogens is 224 g/mol. The van der Waals surface area contributed by atoms with Crippen molar-refractivity contribution >= 4 is 0 Å². The van der Waals surface area contributed by atoms with E-state index in [1.807, 2.05) is 35.0 Å². The molecule has 18 heavy (non-hydrogen) atoms. The number of ether oxygens (including phenoxy) is 1. The lowest BCUT2D eigenvalue weighted by Gasteiger charge is -2.18. The van der Waals surface area contributed by atoms with Crippen LogP contribution in [0.4, 0.5) is 0 Å². The molecule has 1 aromatic heterocycles. The Morgan fingerprint density at radius 3 is 2.44 bits per heavy atom. The van der Waals surface area contributed by atoms with Gasteiger partial charge in [-0.05, 0) is 36.1 Å². The highest BCUT2D eigenvalue weighted by atomic mass is 16.5. The molecule has 2 aromatic rings. The summed E-state index contributed by atoms with van der Waals surface area (Å²) < 4.78 is 7.70. The van der Waals surface area contributed by atoms with Gasteiger partial charge in [-0.25, -0.2) is 4.98 Å². The van der Waals surface area contributed by atoms with Crippen molar-refractivity contribution in [1.82, 2.24) is 9.55 Å². The van der Waals surface area contributed by atoms with Gasteiger partial charge in [-0.15, -0.1) is 0 Å². The van der Waals surface area contributed by atoms with Gasteiger partial charge in [0.05, 0.1) is 12.9 Å². The summed E-state index contributed by atoms with van der Waals surface area (Å²) in [5, 5.41) is 0. The molecule has 3 heteroatoms. The van der Waals surface area contributed by atoms with Gasteiger partial charge in [0.2, 0.25) is 0 Å². The molecule has 0 aliphatic heterocycles. The van der Waals surface area contributed by atoms with Gasteiger partial charge in [0.1, 0.15) is 5.75 Å². The summed E-state index contributed by atoms with van der Waals surface area (Å²) >= 11 is 0. The third-order valence-corrected chi connectivity index (χ3v) is 2.76. The van der Waals surface area contributed by atoms with Crippen LogP contribution in [0.3, 0.4) is 0 Å². The van der Waals surface area contributed by atoms with Crippen molar-refractivity contribution < 1.29 is 4.74 Å². The Hall–Kier alpha value is -1.77. The fourth-order valence-corrected chi connectivity index (χ4v) is 1.60. The summed E-state index contributed by atoms with van der Waals surface area (Å²) in [4.78, 5) is 4.03. The van der Waals surface area contributed by atoms with Crippen LogP contribution in [0.2, 0.25) is 0 Å². The number of benzene rings is 1. The molecule has 0 atom stereocenters. The summed E-state index contributed by atoms with van der Waals surface area (Å²) in [7, 11) is 0. The zero-order valence-corrected chi connectivity index (χ0v) is 11.3. The number of hydrogen-bond donors (Lipinski definition) is 0. The minimum atomic E-state index is 0.316. The Kier molecular flexibility index (Phi) is 3.70. The number of nitrogens with zero attached hydrogens (tertiary/aromatic N) is 2. The second-order valence-corrected chi connectivity index (χ2v) is 5.62.